The number of carboxylic acid groups (broad SMARTS) is 1. The number of nitrogens with one attached hydrogen (secondary N) is 1. The molecule has 5 nitrogen and oxygen atoms in total. The first-order valence-electron chi connectivity index (χ1n) is 3.81. The third-order valence-corrected chi connectivity index (χ3v) is 2.77. The molecule has 0 aliphatic heterocycles. The molecule has 0 radical (unpaired) electrons. The fraction of sp³-hybridized carbons (Fsp3) is 0.125. The first-order chi connectivity index (χ1) is 6.81. The molecule has 1 aromatic carbocycles. The van der Waals surface area contributed by atoms with E-state index in [2.05, 4.69) is 20.7 Å². The number of rotatable bonds is 3. The summed E-state index contributed by atoms with van der Waals surface area (Å²) in [5, 5.41) is 8.83. The van der Waals surface area contributed by atoms with Crippen molar-refractivity contribution in [1.82, 2.24) is 0 Å². The molecule has 1 aromatic rings. The molecular weight excluding hydrogens is 286 g/mol. The number of carbonyl (C=O) groups is 1. The van der Waals surface area contributed by atoms with Crippen LogP contribution in [0.1, 0.15) is 10.4 Å². The molecule has 0 heterocycles. The summed E-state index contributed by atoms with van der Waals surface area (Å²) in [5.74, 6) is -1.19. The van der Waals surface area contributed by atoms with Crippen LogP contribution in [-0.2, 0) is 10.0 Å². The Labute approximate surface area is 95.3 Å². The van der Waals surface area contributed by atoms with Crippen molar-refractivity contribution in [3.63, 3.8) is 0 Å². The Morgan fingerprint density at radius 1 is 1.47 bits per heavy atom. The summed E-state index contributed by atoms with van der Waals surface area (Å²) in [4.78, 5) is 10.8. The molecule has 0 unspecified atom stereocenters. The normalized spacial score (nSPS) is 11.1. The molecule has 7 heteroatoms. The molecule has 0 atom stereocenters. The van der Waals surface area contributed by atoms with Gasteiger partial charge in [-0.15, -0.1) is 0 Å². The smallest absolute Gasteiger partial charge is 0.337 e. The zero-order chi connectivity index (χ0) is 11.6. The maximum atomic E-state index is 11.0. The fourth-order valence-corrected chi connectivity index (χ4v) is 2.18. The number of aromatic carboxylic acids is 1. The predicted octanol–water partition coefficient (Wildman–Crippen LogP) is 1.52. The van der Waals surface area contributed by atoms with Gasteiger partial charge in [-0.25, -0.2) is 13.2 Å². The summed E-state index contributed by atoms with van der Waals surface area (Å²) < 4.78 is 24.5. The topological polar surface area (TPSA) is 83.5 Å². The van der Waals surface area contributed by atoms with Gasteiger partial charge < -0.3 is 5.11 Å². The third-order valence-electron chi connectivity index (χ3n) is 1.53. The molecule has 0 aliphatic carbocycles. The molecule has 0 amide bonds. The molecule has 15 heavy (non-hydrogen) atoms. The van der Waals surface area contributed by atoms with Crippen LogP contribution < -0.4 is 4.72 Å². The van der Waals surface area contributed by atoms with Gasteiger partial charge in [0.25, 0.3) is 0 Å². The lowest BCUT2D eigenvalue weighted by Crippen LogP contribution is -2.13. The minimum atomic E-state index is -3.50. The maximum absolute atomic E-state index is 11.0. The third kappa shape index (κ3) is 3.21. The van der Waals surface area contributed by atoms with Gasteiger partial charge in [0.05, 0.1) is 17.5 Å². The standard InChI is InChI=1S/C8H8BrNO4S/c1-15(13,14)10-7-5(8(11)12)3-2-4-6(7)9/h2-4,10H,1H3,(H,11,12). The lowest BCUT2D eigenvalue weighted by molar-refractivity contribution is 0.0698. The highest BCUT2D eigenvalue weighted by Gasteiger charge is 2.15. The highest BCUT2D eigenvalue weighted by molar-refractivity contribution is 9.10. The van der Waals surface area contributed by atoms with Crippen LogP contribution in [0.3, 0.4) is 0 Å². The van der Waals surface area contributed by atoms with Crippen LogP contribution in [0.15, 0.2) is 22.7 Å². The zero-order valence-corrected chi connectivity index (χ0v) is 10.1. The Morgan fingerprint density at radius 3 is 2.53 bits per heavy atom. The predicted molar refractivity (Wildman–Crippen MR) is 59.6 cm³/mol. The van der Waals surface area contributed by atoms with Crippen LogP contribution >= 0.6 is 15.9 Å². The van der Waals surface area contributed by atoms with Crippen molar-refractivity contribution in [1.29, 1.82) is 0 Å². The van der Waals surface area contributed by atoms with Crippen LogP contribution in [0.2, 0.25) is 0 Å². The van der Waals surface area contributed by atoms with Gasteiger partial charge in [-0.1, -0.05) is 6.07 Å². The van der Waals surface area contributed by atoms with Crippen molar-refractivity contribution < 1.29 is 18.3 Å². The lowest BCUT2D eigenvalue weighted by Gasteiger charge is -2.09. The van der Waals surface area contributed by atoms with E-state index >= 15 is 0 Å². The van der Waals surface area contributed by atoms with Gasteiger partial charge >= 0.3 is 5.97 Å². The van der Waals surface area contributed by atoms with E-state index in [4.69, 9.17) is 5.11 Å². The highest BCUT2D eigenvalue weighted by Crippen LogP contribution is 2.27. The summed E-state index contributed by atoms with van der Waals surface area (Å²) in [5.41, 5.74) is -0.0673. The van der Waals surface area contributed by atoms with Crippen molar-refractivity contribution in [2.45, 2.75) is 0 Å². The molecule has 2 N–H and O–H groups in total. The molecule has 0 aromatic heterocycles. The Bertz CT molecular complexity index is 497. The van der Waals surface area contributed by atoms with Gasteiger partial charge in [-0.05, 0) is 28.1 Å². The number of halogens is 1. The van der Waals surface area contributed by atoms with Gasteiger partial charge in [-0.2, -0.15) is 0 Å². The van der Waals surface area contributed by atoms with Crippen molar-refractivity contribution in [3.05, 3.63) is 28.2 Å². The summed E-state index contributed by atoms with van der Waals surface area (Å²) in [6.45, 7) is 0. The lowest BCUT2D eigenvalue weighted by atomic mass is 10.2. The van der Waals surface area contributed by atoms with Gasteiger partial charge in [-0.3, -0.25) is 4.72 Å². The summed E-state index contributed by atoms with van der Waals surface area (Å²) in [6, 6.07) is 4.39. The molecule has 1 rings (SSSR count). The van der Waals surface area contributed by atoms with E-state index in [9.17, 15) is 13.2 Å². The van der Waals surface area contributed by atoms with Gasteiger partial charge in [0.2, 0.25) is 10.0 Å². The molecule has 0 saturated heterocycles. The second kappa shape index (κ2) is 4.19. The molecule has 0 bridgehead atoms. The molecule has 82 valence electrons. The van der Waals surface area contributed by atoms with E-state index in [1.807, 2.05) is 0 Å². The number of hydrogen-bond acceptors (Lipinski definition) is 3. The summed E-state index contributed by atoms with van der Waals surface area (Å²) in [7, 11) is -3.50. The highest BCUT2D eigenvalue weighted by atomic mass is 79.9. The minimum absolute atomic E-state index is 0.0347. The monoisotopic (exact) mass is 293 g/mol. The second-order valence-corrected chi connectivity index (χ2v) is 5.44. The van der Waals surface area contributed by atoms with Gasteiger partial charge in [0.1, 0.15) is 0 Å². The van der Waals surface area contributed by atoms with Crippen molar-refractivity contribution in [3.8, 4) is 0 Å². The Balaban J connectivity index is 3.32. The molecular formula is C8H8BrNO4S. The van der Waals surface area contributed by atoms with Crippen LogP contribution in [0, 0.1) is 0 Å². The molecule has 0 fully saturated rings. The maximum Gasteiger partial charge on any atom is 0.337 e. The SMILES string of the molecule is CS(=O)(=O)Nc1c(Br)cccc1C(=O)O. The fourth-order valence-electron chi connectivity index (χ4n) is 0.991. The first kappa shape index (κ1) is 12.0. The van der Waals surface area contributed by atoms with E-state index < -0.39 is 16.0 Å². The Hall–Kier alpha value is -1.08. The quantitative estimate of drug-likeness (QED) is 0.885. The van der Waals surface area contributed by atoms with E-state index in [1.54, 1.807) is 6.07 Å². The number of hydrogen-bond donors (Lipinski definition) is 2. The van der Waals surface area contributed by atoms with Crippen LogP contribution in [-0.4, -0.2) is 25.7 Å². The van der Waals surface area contributed by atoms with Crippen molar-refractivity contribution >= 4 is 37.6 Å². The summed E-state index contributed by atoms with van der Waals surface area (Å²) >= 11 is 3.08. The van der Waals surface area contributed by atoms with Crippen LogP contribution in [0.4, 0.5) is 5.69 Å². The minimum Gasteiger partial charge on any atom is -0.478 e. The van der Waals surface area contributed by atoms with E-state index in [1.165, 1.54) is 12.1 Å². The average molecular weight is 294 g/mol. The molecule has 0 aliphatic rings. The second-order valence-electron chi connectivity index (χ2n) is 2.84. The zero-order valence-electron chi connectivity index (χ0n) is 7.69. The summed E-state index contributed by atoms with van der Waals surface area (Å²) in [6.07, 6.45) is 0.956. The Morgan fingerprint density at radius 2 is 2.07 bits per heavy atom. The van der Waals surface area contributed by atoms with Crippen LogP contribution in [0.25, 0.3) is 0 Å². The molecule has 0 saturated carbocycles. The molecule has 0 spiro atoms. The van der Waals surface area contributed by atoms with Crippen molar-refractivity contribution in [2.24, 2.45) is 0 Å². The average Bonchev–Trinajstić information content (AvgIpc) is 2.05. The number of para-hydroxylation sites is 1. The van der Waals surface area contributed by atoms with Crippen molar-refractivity contribution in [2.75, 3.05) is 11.0 Å². The van der Waals surface area contributed by atoms with Gasteiger partial charge in [0, 0.05) is 4.47 Å². The largest absolute Gasteiger partial charge is 0.478 e. The Kier molecular flexibility index (Phi) is 3.35. The van der Waals surface area contributed by atoms with E-state index in [-0.39, 0.29) is 11.3 Å². The number of sulfonamides is 1. The van der Waals surface area contributed by atoms with Crippen LogP contribution in [0.5, 0.6) is 0 Å². The first-order valence-corrected chi connectivity index (χ1v) is 6.49. The number of carboxylic acids is 1. The van der Waals surface area contributed by atoms with Gasteiger partial charge in [0.15, 0.2) is 0 Å². The number of benzene rings is 1. The van der Waals surface area contributed by atoms with E-state index in [0.717, 1.165) is 6.26 Å². The number of anilines is 1. The van der Waals surface area contributed by atoms with E-state index in [0.29, 0.717) is 4.47 Å².